The number of carbonyl (C=O) groups is 2. The van der Waals surface area contributed by atoms with Gasteiger partial charge in [-0.3, -0.25) is 9.59 Å². The van der Waals surface area contributed by atoms with E-state index in [2.05, 4.69) is 5.32 Å². The van der Waals surface area contributed by atoms with Gasteiger partial charge in [0.2, 0.25) is 5.91 Å². The Hall–Kier alpha value is -4.27. The molecule has 0 aromatic heterocycles. The highest BCUT2D eigenvalue weighted by molar-refractivity contribution is 7.91. The second kappa shape index (κ2) is 14.3. The number of carbonyl (C=O) groups excluding carboxylic acids is 2. The first-order valence-corrected chi connectivity index (χ1v) is 15.9. The Morgan fingerprint density at radius 2 is 1.47 bits per heavy atom. The van der Waals surface area contributed by atoms with Crippen LogP contribution in [0.15, 0.2) is 108 Å². The van der Waals surface area contributed by atoms with E-state index >= 15 is 0 Å². The van der Waals surface area contributed by atoms with Crippen LogP contribution in [0.3, 0.4) is 0 Å². The van der Waals surface area contributed by atoms with E-state index in [1.807, 2.05) is 68.4 Å². The van der Waals surface area contributed by atoms with E-state index in [0.717, 1.165) is 16.7 Å². The van der Waals surface area contributed by atoms with E-state index < -0.39 is 9.84 Å². The third-order valence-corrected chi connectivity index (χ3v) is 9.15. The molecule has 4 rings (SSSR count). The number of rotatable bonds is 12. The number of hydrogen-bond donors (Lipinski definition) is 1. The quantitative estimate of drug-likeness (QED) is 0.204. The molecule has 0 aliphatic heterocycles. The van der Waals surface area contributed by atoms with Crippen molar-refractivity contribution >= 4 is 27.3 Å². The van der Waals surface area contributed by atoms with Crippen molar-refractivity contribution in [2.24, 2.45) is 0 Å². The molecule has 0 bridgehead atoms. The largest absolute Gasteiger partial charge is 0.371 e. The maximum Gasteiger partial charge on any atom is 0.254 e. The van der Waals surface area contributed by atoms with Crippen LogP contribution in [0.5, 0.6) is 0 Å². The van der Waals surface area contributed by atoms with Crippen LogP contribution in [-0.4, -0.2) is 44.0 Å². The van der Waals surface area contributed by atoms with Crippen LogP contribution in [0.1, 0.15) is 52.5 Å². The van der Waals surface area contributed by atoms with Crippen molar-refractivity contribution in [2.75, 3.05) is 18.1 Å². The minimum atomic E-state index is -3.29. The summed E-state index contributed by atoms with van der Waals surface area (Å²) in [6.45, 7) is 6.03. The van der Waals surface area contributed by atoms with Gasteiger partial charge in [-0.25, -0.2) is 8.42 Å². The molecule has 0 radical (unpaired) electrons. The van der Waals surface area contributed by atoms with Crippen molar-refractivity contribution in [3.05, 3.63) is 131 Å². The zero-order valence-corrected chi connectivity index (χ0v) is 25.8. The Labute approximate surface area is 254 Å². The Bertz CT molecular complexity index is 1620. The zero-order chi connectivity index (χ0) is 31.0. The standard InChI is InChI=1S/C35H38N2O5S/c1-5-43(40,41)32-21-13-27(14-22-32)23-33(38)36-31-19-17-30(18-20-31)35(39)37(4)34(29-15-11-25(2)12-16-29)26(3)42-24-28-9-7-6-8-10-28/h6-22,26,34H,5,23-24H2,1-4H3,(H,36,38)/t26-,34+/m0/s1. The summed E-state index contributed by atoms with van der Waals surface area (Å²) in [7, 11) is -1.51. The number of hydrogen-bond acceptors (Lipinski definition) is 5. The third kappa shape index (κ3) is 8.40. The summed E-state index contributed by atoms with van der Waals surface area (Å²) in [5.74, 6) is -0.388. The molecular formula is C35H38N2O5S. The van der Waals surface area contributed by atoms with Gasteiger partial charge in [-0.2, -0.15) is 0 Å². The first-order valence-electron chi connectivity index (χ1n) is 14.3. The lowest BCUT2D eigenvalue weighted by Crippen LogP contribution is -2.38. The van der Waals surface area contributed by atoms with Crippen molar-refractivity contribution in [3.63, 3.8) is 0 Å². The molecule has 0 aliphatic rings. The predicted octanol–water partition coefficient (Wildman–Crippen LogP) is 6.39. The monoisotopic (exact) mass is 598 g/mol. The second-order valence-electron chi connectivity index (χ2n) is 10.6. The molecule has 8 heteroatoms. The molecule has 2 amide bonds. The second-order valence-corrected chi connectivity index (χ2v) is 12.9. The fourth-order valence-corrected chi connectivity index (χ4v) is 5.75. The van der Waals surface area contributed by atoms with Gasteiger partial charge in [0.1, 0.15) is 0 Å². The fourth-order valence-electron chi connectivity index (χ4n) is 4.86. The van der Waals surface area contributed by atoms with Gasteiger partial charge in [0.05, 0.1) is 35.8 Å². The molecule has 0 heterocycles. The molecular weight excluding hydrogens is 560 g/mol. The smallest absolute Gasteiger partial charge is 0.254 e. The van der Waals surface area contributed by atoms with Gasteiger partial charge >= 0.3 is 0 Å². The van der Waals surface area contributed by atoms with Gasteiger partial charge in [0.25, 0.3) is 5.91 Å². The van der Waals surface area contributed by atoms with E-state index in [9.17, 15) is 18.0 Å². The fraction of sp³-hybridized carbons (Fsp3) is 0.257. The Morgan fingerprint density at radius 1 is 0.837 bits per heavy atom. The highest BCUT2D eigenvalue weighted by atomic mass is 32.2. The summed E-state index contributed by atoms with van der Waals surface area (Å²) in [4.78, 5) is 28.2. The molecule has 0 saturated carbocycles. The minimum Gasteiger partial charge on any atom is -0.371 e. The number of nitrogens with one attached hydrogen (secondary N) is 1. The number of nitrogens with zero attached hydrogens (tertiary/aromatic N) is 1. The van der Waals surface area contributed by atoms with Gasteiger partial charge in [-0.05, 0) is 66.9 Å². The van der Waals surface area contributed by atoms with Crippen molar-refractivity contribution in [1.82, 2.24) is 4.90 Å². The van der Waals surface area contributed by atoms with Crippen molar-refractivity contribution in [2.45, 2.75) is 50.8 Å². The Balaban J connectivity index is 1.42. The number of likely N-dealkylation sites (N-methyl/N-ethyl adjacent to an activating group) is 1. The molecule has 1 N–H and O–H groups in total. The third-order valence-electron chi connectivity index (χ3n) is 7.40. The van der Waals surface area contributed by atoms with Crippen LogP contribution in [0.25, 0.3) is 0 Å². The maximum absolute atomic E-state index is 13.6. The molecule has 0 spiro atoms. The molecule has 4 aromatic carbocycles. The molecule has 224 valence electrons. The molecule has 0 fully saturated rings. The molecule has 4 aromatic rings. The lowest BCUT2D eigenvalue weighted by Gasteiger charge is -2.33. The van der Waals surface area contributed by atoms with Crippen molar-refractivity contribution in [1.29, 1.82) is 0 Å². The predicted molar refractivity (Wildman–Crippen MR) is 170 cm³/mol. The van der Waals surface area contributed by atoms with E-state index in [4.69, 9.17) is 4.74 Å². The number of benzene rings is 4. The molecule has 0 aliphatic carbocycles. The molecule has 7 nitrogen and oxygen atoms in total. The SMILES string of the molecule is CCS(=O)(=O)c1ccc(CC(=O)Nc2ccc(C(=O)N(C)[C@@H](c3ccc(C)cc3)[C@H](C)OCc3ccccc3)cc2)cc1. The Kier molecular flexibility index (Phi) is 10.5. The maximum atomic E-state index is 13.6. The van der Waals surface area contributed by atoms with Gasteiger partial charge in [0.15, 0.2) is 9.84 Å². The molecule has 43 heavy (non-hydrogen) atoms. The number of sulfone groups is 1. The summed E-state index contributed by atoms with van der Waals surface area (Å²) < 4.78 is 30.3. The summed E-state index contributed by atoms with van der Waals surface area (Å²) in [6.07, 6.45) is -0.193. The van der Waals surface area contributed by atoms with E-state index in [-0.39, 0.29) is 41.0 Å². The van der Waals surface area contributed by atoms with Crippen LogP contribution in [0.4, 0.5) is 5.69 Å². The number of amides is 2. The van der Waals surface area contributed by atoms with Gasteiger partial charge in [-0.1, -0.05) is 79.2 Å². The Morgan fingerprint density at radius 3 is 2.07 bits per heavy atom. The van der Waals surface area contributed by atoms with Gasteiger partial charge in [-0.15, -0.1) is 0 Å². The van der Waals surface area contributed by atoms with Crippen LogP contribution in [0, 0.1) is 6.92 Å². The van der Waals surface area contributed by atoms with Crippen LogP contribution in [-0.2, 0) is 32.4 Å². The summed E-state index contributed by atoms with van der Waals surface area (Å²) in [5.41, 5.74) is 4.92. The summed E-state index contributed by atoms with van der Waals surface area (Å²) in [5, 5.41) is 2.84. The normalized spacial score (nSPS) is 12.7. The number of anilines is 1. The average Bonchev–Trinajstić information content (AvgIpc) is 3.01. The highest BCUT2D eigenvalue weighted by Crippen LogP contribution is 2.28. The summed E-state index contributed by atoms with van der Waals surface area (Å²) in [6, 6.07) is 30.9. The average molecular weight is 599 g/mol. The topological polar surface area (TPSA) is 92.8 Å². The van der Waals surface area contributed by atoms with E-state index in [1.54, 1.807) is 55.3 Å². The van der Waals surface area contributed by atoms with E-state index in [0.29, 0.717) is 23.4 Å². The zero-order valence-electron chi connectivity index (χ0n) is 25.0. The first-order chi connectivity index (χ1) is 20.6. The molecule has 2 atom stereocenters. The van der Waals surface area contributed by atoms with Crippen LogP contribution < -0.4 is 5.32 Å². The molecule has 0 saturated heterocycles. The minimum absolute atomic E-state index is 0.0226. The van der Waals surface area contributed by atoms with Gasteiger partial charge in [0, 0.05) is 18.3 Å². The molecule has 0 unspecified atom stereocenters. The number of aryl methyl sites for hydroxylation is 1. The van der Waals surface area contributed by atoms with Crippen LogP contribution in [0.2, 0.25) is 0 Å². The van der Waals surface area contributed by atoms with Crippen molar-refractivity contribution in [3.8, 4) is 0 Å². The summed E-state index contributed by atoms with van der Waals surface area (Å²) >= 11 is 0. The lowest BCUT2D eigenvalue weighted by molar-refractivity contribution is -0.115. The highest BCUT2D eigenvalue weighted by Gasteiger charge is 2.29. The first kappa shape index (κ1) is 31.7. The van der Waals surface area contributed by atoms with Gasteiger partial charge < -0.3 is 15.0 Å². The van der Waals surface area contributed by atoms with Crippen LogP contribution >= 0.6 is 0 Å². The lowest BCUT2D eigenvalue weighted by atomic mass is 9.98. The number of ether oxygens (including phenoxy) is 1. The van der Waals surface area contributed by atoms with Crippen molar-refractivity contribution < 1.29 is 22.7 Å². The van der Waals surface area contributed by atoms with E-state index in [1.165, 1.54) is 12.1 Å².